The van der Waals surface area contributed by atoms with Gasteiger partial charge >= 0.3 is 0 Å². The number of allylic oxidation sites excluding steroid dienone is 1. The molecular formula is C21H22N4O3. The summed E-state index contributed by atoms with van der Waals surface area (Å²) in [6.07, 6.45) is 4.69. The highest BCUT2D eigenvalue weighted by molar-refractivity contribution is 6.00. The van der Waals surface area contributed by atoms with E-state index < -0.39 is 24.5 Å². The van der Waals surface area contributed by atoms with Crippen LogP contribution in [0.15, 0.2) is 71.9 Å². The third kappa shape index (κ3) is 3.94. The summed E-state index contributed by atoms with van der Waals surface area (Å²) < 4.78 is 22.0. The molecule has 2 N–H and O–H groups in total. The first kappa shape index (κ1) is 15.6. The summed E-state index contributed by atoms with van der Waals surface area (Å²) in [6.45, 7) is -2.77. The number of carbonyl (C=O) groups is 2. The van der Waals surface area contributed by atoms with Gasteiger partial charge in [0.05, 0.1) is 7.11 Å². The minimum atomic E-state index is -2.77. The van der Waals surface area contributed by atoms with Crippen molar-refractivity contribution in [3.05, 3.63) is 83.4 Å². The second-order valence-corrected chi connectivity index (χ2v) is 6.12. The molecule has 144 valence electrons. The molecule has 0 fully saturated rings. The van der Waals surface area contributed by atoms with Crippen LogP contribution < -0.4 is 10.6 Å². The topological polar surface area (TPSA) is 83.0 Å². The zero-order chi connectivity index (χ0) is 22.5. The number of carbonyl (C=O) groups excluding carboxylic acids is 2. The third-order valence-electron chi connectivity index (χ3n) is 4.27. The Kier molecular flexibility index (Phi) is 4.73. The van der Waals surface area contributed by atoms with Crippen LogP contribution in [0.1, 0.15) is 25.6 Å². The van der Waals surface area contributed by atoms with Gasteiger partial charge in [0.2, 0.25) is 0 Å². The van der Waals surface area contributed by atoms with E-state index in [0.29, 0.717) is 12.0 Å². The van der Waals surface area contributed by atoms with Gasteiger partial charge in [-0.05, 0) is 41.8 Å². The number of amides is 2. The lowest BCUT2D eigenvalue weighted by Crippen LogP contribution is -2.66. The van der Waals surface area contributed by atoms with Crippen molar-refractivity contribution >= 4 is 18.0 Å². The fourth-order valence-electron chi connectivity index (χ4n) is 2.93. The average Bonchev–Trinajstić information content (AvgIpc) is 2.73. The van der Waals surface area contributed by atoms with Gasteiger partial charge in [0.15, 0.2) is 0 Å². The Morgan fingerprint density at radius 2 is 1.96 bits per heavy atom. The summed E-state index contributed by atoms with van der Waals surface area (Å²) in [5.74, 6) is -1.62. The van der Waals surface area contributed by atoms with Crippen molar-refractivity contribution in [2.24, 2.45) is 5.10 Å². The SMILES string of the molecule is [2H]C([2H])([2H])NC(=O)C1(NC(=O)c2cccc(Cc3ccccc3)c2)C=CC=NN1OC. The van der Waals surface area contributed by atoms with E-state index in [1.165, 1.54) is 25.5 Å². The van der Waals surface area contributed by atoms with Crippen molar-refractivity contribution in [1.82, 2.24) is 15.8 Å². The Labute approximate surface area is 167 Å². The standard InChI is InChI=1S/C21H22N4O3/c1-22-20(27)21(12-7-13-23-25(21)28-2)24-19(26)18-11-6-10-17(15-18)14-16-8-4-3-5-9-16/h3-13,15H,14H2,1-2H3,(H,22,27)(H,24,26)/i1D3. The lowest BCUT2D eigenvalue weighted by molar-refractivity contribution is -0.198. The van der Waals surface area contributed by atoms with Gasteiger partial charge in [-0.3, -0.25) is 14.4 Å². The number of hydrazone groups is 1. The van der Waals surface area contributed by atoms with Crippen molar-refractivity contribution in [2.75, 3.05) is 14.1 Å². The van der Waals surface area contributed by atoms with Crippen LogP contribution in [0.3, 0.4) is 0 Å². The summed E-state index contributed by atoms with van der Waals surface area (Å²) in [6, 6.07) is 16.7. The molecule has 3 rings (SSSR count). The molecule has 1 atom stereocenters. The molecular weight excluding hydrogens is 356 g/mol. The minimum absolute atomic E-state index is 0.300. The number of benzene rings is 2. The first-order valence-electron chi connectivity index (χ1n) is 10.1. The normalized spacial score (nSPS) is 20.0. The number of likely N-dealkylation sites (N-methyl/N-ethyl adjacent to an activating group) is 1. The summed E-state index contributed by atoms with van der Waals surface area (Å²) in [5, 5.41) is 9.20. The maximum absolute atomic E-state index is 13.1. The number of hydrogen-bond donors (Lipinski definition) is 2. The van der Waals surface area contributed by atoms with Gasteiger partial charge in [0.1, 0.15) is 0 Å². The Morgan fingerprint density at radius 3 is 2.71 bits per heavy atom. The van der Waals surface area contributed by atoms with Crippen LogP contribution in [0, 0.1) is 0 Å². The predicted molar refractivity (Wildman–Crippen MR) is 106 cm³/mol. The maximum atomic E-state index is 13.1. The maximum Gasteiger partial charge on any atom is 0.274 e. The van der Waals surface area contributed by atoms with Gasteiger partial charge in [0.25, 0.3) is 17.5 Å². The van der Waals surface area contributed by atoms with Gasteiger partial charge < -0.3 is 10.6 Å². The Hall–Kier alpha value is -3.45. The molecule has 1 aliphatic heterocycles. The average molecular weight is 381 g/mol. The third-order valence-corrected chi connectivity index (χ3v) is 4.27. The molecule has 2 aromatic rings. The fourth-order valence-corrected chi connectivity index (χ4v) is 2.93. The fraction of sp³-hybridized carbons (Fsp3) is 0.190. The molecule has 2 amide bonds. The van der Waals surface area contributed by atoms with E-state index >= 15 is 0 Å². The largest absolute Gasteiger partial charge is 0.355 e. The van der Waals surface area contributed by atoms with Gasteiger partial charge in [-0.1, -0.05) is 42.5 Å². The number of hydroxylamine groups is 1. The van der Waals surface area contributed by atoms with E-state index in [1.807, 2.05) is 41.7 Å². The monoisotopic (exact) mass is 381 g/mol. The van der Waals surface area contributed by atoms with E-state index in [1.54, 1.807) is 18.2 Å². The van der Waals surface area contributed by atoms with Crippen LogP contribution in [0.25, 0.3) is 0 Å². The van der Waals surface area contributed by atoms with Gasteiger partial charge in [-0.2, -0.15) is 5.10 Å². The van der Waals surface area contributed by atoms with Gasteiger partial charge in [-0.25, -0.2) is 0 Å². The second kappa shape index (κ2) is 8.49. The summed E-state index contributed by atoms with van der Waals surface area (Å²) in [4.78, 5) is 31.0. The van der Waals surface area contributed by atoms with Crippen LogP contribution in [0.5, 0.6) is 0 Å². The first-order chi connectivity index (χ1) is 14.7. The van der Waals surface area contributed by atoms with Crippen molar-refractivity contribution in [3.8, 4) is 0 Å². The molecule has 2 aromatic carbocycles. The second-order valence-electron chi connectivity index (χ2n) is 6.12. The molecule has 7 heteroatoms. The quantitative estimate of drug-likeness (QED) is 0.800. The van der Waals surface area contributed by atoms with E-state index in [2.05, 4.69) is 10.4 Å². The molecule has 0 aliphatic carbocycles. The molecule has 0 saturated carbocycles. The molecule has 1 unspecified atom stereocenters. The van der Waals surface area contributed by atoms with Crippen molar-refractivity contribution in [2.45, 2.75) is 12.1 Å². The molecule has 0 spiro atoms. The van der Waals surface area contributed by atoms with Crippen LogP contribution >= 0.6 is 0 Å². The van der Waals surface area contributed by atoms with Crippen LogP contribution in [0.2, 0.25) is 0 Å². The van der Waals surface area contributed by atoms with E-state index in [-0.39, 0.29) is 0 Å². The summed E-state index contributed by atoms with van der Waals surface area (Å²) >= 11 is 0. The molecule has 28 heavy (non-hydrogen) atoms. The van der Waals surface area contributed by atoms with Crippen molar-refractivity contribution < 1.29 is 18.5 Å². The molecule has 1 heterocycles. The molecule has 0 radical (unpaired) electrons. The molecule has 0 bridgehead atoms. The van der Waals surface area contributed by atoms with Crippen LogP contribution in [-0.4, -0.2) is 42.9 Å². The van der Waals surface area contributed by atoms with Crippen molar-refractivity contribution in [3.63, 3.8) is 0 Å². The van der Waals surface area contributed by atoms with Gasteiger partial charge in [0, 0.05) is 22.9 Å². The first-order valence-corrected chi connectivity index (χ1v) is 8.58. The summed E-state index contributed by atoms with van der Waals surface area (Å²) in [5.41, 5.74) is 0.308. The molecule has 0 aromatic heterocycles. The zero-order valence-corrected chi connectivity index (χ0v) is 15.3. The minimum Gasteiger partial charge on any atom is -0.355 e. The number of nitrogens with one attached hydrogen (secondary N) is 2. The van der Waals surface area contributed by atoms with E-state index in [0.717, 1.165) is 16.3 Å². The smallest absolute Gasteiger partial charge is 0.274 e. The van der Waals surface area contributed by atoms with Crippen molar-refractivity contribution in [1.29, 1.82) is 0 Å². The number of rotatable bonds is 6. The number of hydrogen-bond acceptors (Lipinski definition) is 5. The molecule has 0 saturated heterocycles. The zero-order valence-electron chi connectivity index (χ0n) is 18.3. The van der Waals surface area contributed by atoms with Crippen LogP contribution in [0.4, 0.5) is 0 Å². The Balaban J connectivity index is 1.87. The highest BCUT2D eigenvalue weighted by Gasteiger charge is 2.45. The number of nitrogens with zero attached hydrogens (tertiary/aromatic N) is 2. The summed E-state index contributed by atoms with van der Waals surface area (Å²) in [7, 11) is 1.25. The lowest BCUT2D eigenvalue weighted by Gasteiger charge is -2.37. The van der Waals surface area contributed by atoms with E-state index in [4.69, 9.17) is 8.95 Å². The molecule has 1 aliphatic rings. The Morgan fingerprint density at radius 1 is 1.18 bits per heavy atom. The highest BCUT2D eigenvalue weighted by Crippen LogP contribution is 2.20. The van der Waals surface area contributed by atoms with E-state index in [9.17, 15) is 9.59 Å². The Bertz CT molecular complexity index is 1010. The highest BCUT2D eigenvalue weighted by atomic mass is 16.7. The molecule has 7 nitrogen and oxygen atoms in total. The van der Waals surface area contributed by atoms with Crippen LogP contribution in [-0.2, 0) is 16.1 Å². The lowest BCUT2D eigenvalue weighted by atomic mass is 10.0. The predicted octanol–water partition coefficient (Wildman–Crippen LogP) is 1.87. The van der Waals surface area contributed by atoms with Gasteiger partial charge in [-0.15, -0.1) is 5.17 Å².